The molecular weight excluding hydrogens is 541 g/mol. The number of carbonyl (C=O) groups is 1. The summed E-state index contributed by atoms with van der Waals surface area (Å²) in [5, 5.41) is 2.11. The van der Waals surface area contributed by atoms with Crippen molar-refractivity contribution in [3.05, 3.63) is 44.7 Å². The van der Waals surface area contributed by atoms with Crippen LogP contribution in [0.1, 0.15) is 31.2 Å². The van der Waals surface area contributed by atoms with E-state index in [9.17, 15) is 26.4 Å². The van der Waals surface area contributed by atoms with E-state index >= 15 is 0 Å². The number of nitrogens with one attached hydrogen (secondary N) is 2. The first-order chi connectivity index (χ1) is 14.5. The largest absolute Gasteiger partial charge is 0.417 e. The molecule has 0 bridgehead atoms. The van der Waals surface area contributed by atoms with Crippen molar-refractivity contribution in [1.29, 1.82) is 0 Å². The summed E-state index contributed by atoms with van der Waals surface area (Å²) in [6.07, 6.45) is -2.26. The second-order valence-corrected chi connectivity index (χ2v) is 12.2. The van der Waals surface area contributed by atoms with E-state index in [1.165, 1.54) is 12.1 Å². The van der Waals surface area contributed by atoms with E-state index in [4.69, 9.17) is 11.6 Å². The second kappa shape index (κ2) is 9.78. The van der Waals surface area contributed by atoms with Gasteiger partial charge in [0.15, 0.2) is 0 Å². The fourth-order valence-corrected chi connectivity index (χ4v) is 6.83. The van der Waals surface area contributed by atoms with Crippen LogP contribution in [-0.4, -0.2) is 20.9 Å². The van der Waals surface area contributed by atoms with Gasteiger partial charge in [-0.1, -0.05) is 11.6 Å². The number of sulfonamides is 1. The van der Waals surface area contributed by atoms with Gasteiger partial charge in [0.25, 0.3) is 0 Å². The van der Waals surface area contributed by atoms with Gasteiger partial charge in [0.1, 0.15) is 4.21 Å². The molecule has 31 heavy (non-hydrogen) atoms. The van der Waals surface area contributed by atoms with Crippen molar-refractivity contribution in [1.82, 2.24) is 4.72 Å². The number of anilines is 1. The fraction of sp³-hybridized carbons (Fsp3) is 0.421. The number of hydrogen-bond donors (Lipinski definition) is 2. The smallest absolute Gasteiger partial charge is 0.326 e. The van der Waals surface area contributed by atoms with E-state index in [1.54, 1.807) is 6.07 Å². The Labute approximate surface area is 195 Å². The summed E-state index contributed by atoms with van der Waals surface area (Å²) in [6.45, 7) is 0.276. The molecule has 3 rings (SSSR count). The van der Waals surface area contributed by atoms with Gasteiger partial charge >= 0.3 is 6.18 Å². The number of hydrogen-bond acceptors (Lipinski definition) is 4. The van der Waals surface area contributed by atoms with Crippen molar-refractivity contribution in [2.75, 3.05) is 11.9 Å². The second-order valence-electron chi connectivity index (χ2n) is 7.31. The number of rotatable bonds is 6. The van der Waals surface area contributed by atoms with E-state index in [-0.39, 0.29) is 34.2 Å². The summed E-state index contributed by atoms with van der Waals surface area (Å²) in [6, 6.07) is 6.46. The van der Waals surface area contributed by atoms with Crippen molar-refractivity contribution in [2.45, 2.75) is 36.1 Å². The highest BCUT2D eigenvalue weighted by Gasteiger charge is 2.34. The van der Waals surface area contributed by atoms with Gasteiger partial charge in [0, 0.05) is 18.2 Å². The number of halogens is 5. The van der Waals surface area contributed by atoms with E-state index in [0.29, 0.717) is 25.7 Å². The number of alkyl halides is 3. The van der Waals surface area contributed by atoms with Crippen LogP contribution in [0.2, 0.25) is 5.02 Å². The van der Waals surface area contributed by atoms with Crippen LogP contribution < -0.4 is 10.0 Å². The van der Waals surface area contributed by atoms with Gasteiger partial charge in [-0.15, -0.1) is 11.3 Å². The molecule has 1 aromatic heterocycles. The predicted molar refractivity (Wildman–Crippen MR) is 118 cm³/mol. The lowest BCUT2D eigenvalue weighted by Crippen LogP contribution is -2.33. The van der Waals surface area contributed by atoms with Crippen molar-refractivity contribution in [3.63, 3.8) is 0 Å². The summed E-state index contributed by atoms with van der Waals surface area (Å²) < 4.78 is 67.1. The molecular formula is C19H19BrClF3N2O3S2. The van der Waals surface area contributed by atoms with Gasteiger partial charge in [0.05, 0.1) is 14.4 Å². The van der Waals surface area contributed by atoms with Crippen LogP contribution >= 0.6 is 38.9 Å². The number of thiophene rings is 1. The van der Waals surface area contributed by atoms with E-state index in [2.05, 4.69) is 26.0 Å². The molecule has 0 unspecified atom stereocenters. The first kappa shape index (κ1) is 24.5. The maximum absolute atomic E-state index is 13.0. The molecule has 0 spiro atoms. The Morgan fingerprint density at radius 3 is 2.42 bits per heavy atom. The minimum Gasteiger partial charge on any atom is -0.326 e. The van der Waals surface area contributed by atoms with Gasteiger partial charge in [-0.2, -0.15) is 13.2 Å². The Hall–Kier alpha value is -1.14. The Morgan fingerprint density at radius 2 is 1.84 bits per heavy atom. The van der Waals surface area contributed by atoms with Crippen molar-refractivity contribution < 1.29 is 26.4 Å². The zero-order valence-corrected chi connectivity index (χ0v) is 20.0. The highest BCUT2D eigenvalue weighted by atomic mass is 79.9. The quantitative estimate of drug-likeness (QED) is 0.462. The lowest BCUT2D eigenvalue weighted by Gasteiger charge is -2.28. The van der Waals surface area contributed by atoms with Gasteiger partial charge in [-0.05, 0) is 77.9 Å². The van der Waals surface area contributed by atoms with Gasteiger partial charge in [0.2, 0.25) is 15.9 Å². The molecule has 1 aliphatic carbocycles. The standard InChI is InChI=1S/C19H19BrClF3N2O3S2/c20-16-7-8-17(30-16)31(28,29)25-10-11-1-3-12(4-2-11)18(27)26-13-5-6-15(21)14(9-13)19(22,23)24/h5-9,11-12,25H,1-4,10H2,(H,26,27). The van der Waals surface area contributed by atoms with E-state index in [0.717, 1.165) is 27.3 Å². The van der Waals surface area contributed by atoms with E-state index < -0.39 is 26.8 Å². The third-order valence-electron chi connectivity index (χ3n) is 5.13. The molecule has 2 aromatic rings. The lowest BCUT2D eigenvalue weighted by molar-refractivity contribution is -0.137. The molecule has 1 aliphatic rings. The summed E-state index contributed by atoms with van der Waals surface area (Å²) in [4.78, 5) is 12.5. The zero-order valence-electron chi connectivity index (χ0n) is 16.0. The minimum atomic E-state index is -4.61. The molecule has 170 valence electrons. The Bertz CT molecular complexity index is 1050. The van der Waals surface area contributed by atoms with Gasteiger partial charge in [-0.25, -0.2) is 13.1 Å². The molecule has 1 amide bonds. The Kier molecular flexibility index (Phi) is 7.73. The summed E-state index contributed by atoms with van der Waals surface area (Å²) in [7, 11) is -3.57. The van der Waals surface area contributed by atoms with Crippen LogP contribution in [0.4, 0.5) is 18.9 Å². The molecule has 0 atom stereocenters. The summed E-state index contributed by atoms with van der Waals surface area (Å²) >= 11 is 9.96. The average molecular weight is 560 g/mol. The molecule has 1 aromatic carbocycles. The monoisotopic (exact) mass is 558 g/mol. The fourth-order valence-electron chi connectivity index (χ4n) is 3.43. The molecule has 5 nitrogen and oxygen atoms in total. The lowest BCUT2D eigenvalue weighted by atomic mass is 9.81. The molecule has 1 saturated carbocycles. The average Bonchev–Trinajstić information content (AvgIpc) is 3.15. The van der Waals surface area contributed by atoms with Crippen molar-refractivity contribution in [2.24, 2.45) is 11.8 Å². The van der Waals surface area contributed by atoms with Crippen LogP contribution in [0.25, 0.3) is 0 Å². The maximum Gasteiger partial charge on any atom is 0.417 e. The molecule has 1 fully saturated rings. The first-order valence-corrected chi connectivity index (χ1v) is 12.9. The van der Waals surface area contributed by atoms with Crippen LogP contribution in [-0.2, 0) is 21.0 Å². The topological polar surface area (TPSA) is 75.3 Å². The Morgan fingerprint density at radius 1 is 1.16 bits per heavy atom. The van der Waals surface area contributed by atoms with Crippen LogP contribution in [0.3, 0.4) is 0 Å². The third-order valence-corrected chi connectivity index (χ3v) is 9.00. The van der Waals surface area contributed by atoms with Gasteiger partial charge in [-0.3, -0.25) is 4.79 Å². The zero-order chi connectivity index (χ0) is 22.8. The molecule has 1 heterocycles. The van der Waals surface area contributed by atoms with Gasteiger partial charge < -0.3 is 5.32 Å². The highest BCUT2D eigenvalue weighted by molar-refractivity contribution is 9.11. The summed E-state index contributed by atoms with van der Waals surface area (Å²) in [5.74, 6) is -0.598. The highest BCUT2D eigenvalue weighted by Crippen LogP contribution is 2.37. The van der Waals surface area contributed by atoms with Crippen LogP contribution in [0, 0.1) is 11.8 Å². The number of amides is 1. The predicted octanol–water partition coefficient (Wildman–Crippen LogP) is 5.91. The SMILES string of the molecule is O=C(Nc1ccc(Cl)c(C(F)(F)F)c1)C1CCC(CNS(=O)(=O)c2ccc(Br)s2)CC1. The van der Waals surface area contributed by atoms with Crippen LogP contribution in [0.15, 0.2) is 38.3 Å². The summed E-state index contributed by atoms with van der Waals surface area (Å²) in [5.41, 5.74) is -0.959. The molecule has 0 saturated heterocycles. The van der Waals surface area contributed by atoms with Crippen molar-refractivity contribution in [3.8, 4) is 0 Å². The van der Waals surface area contributed by atoms with Crippen LogP contribution in [0.5, 0.6) is 0 Å². The normalized spacial score (nSPS) is 19.9. The number of carbonyl (C=O) groups excluding carboxylic acids is 1. The minimum absolute atomic E-state index is 0.0405. The Balaban J connectivity index is 1.51. The first-order valence-electron chi connectivity index (χ1n) is 9.38. The maximum atomic E-state index is 13.0. The molecule has 0 radical (unpaired) electrons. The molecule has 0 aliphatic heterocycles. The molecule has 12 heteroatoms. The molecule has 2 N–H and O–H groups in total. The third kappa shape index (κ3) is 6.44. The van der Waals surface area contributed by atoms with E-state index in [1.807, 2.05) is 0 Å². The number of benzene rings is 1. The van der Waals surface area contributed by atoms with Crippen molar-refractivity contribution >= 4 is 60.5 Å².